The predicted molar refractivity (Wildman–Crippen MR) is 68.3 cm³/mol. The molecule has 3 aromatic rings. The Hall–Kier alpha value is -2.62. The summed E-state index contributed by atoms with van der Waals surface area (Å²) in [5.41, 5.74) is 7.93. The van der Waals surface area contributed by atoms with E-state index < -0.39 is 0 Å². The number of carbonyl (C=O) groups excluding carboxylic acids is 1. The number of rotatable bonds is 2. The van der Waals surface area contributed by atoms with Crippen LogP contribution in [-0.4, -0.2) is 10.8 Å². The maximum Gasteiger partial charge on any atom is 0.269 e. The standard InChI is InChI=1S/C14H10N2O2/c15-10-5-3-4-9(8-10)13(17)14-16-11-6-1-2-7-12(11)18-14/h1-8H,15H2. The second kappa shape index (κ2) is 4.00. The molecular weight excluding hydrogens is 228 g/mol. The third-order valence-electron chi connectivity index (χ3n) is 2.64. The second-order valence-corrected chi connectivity index (χ2v) is 3.94. The summed E-state index contributed by atoms with van der Waals surface area (Å²) in [5.74, 6) is -0.180. The summed E-state index contributed by atoms with van der Waals surface area (Å²) < 4.78 is 5.42. The van der Waals surface area contributed by atoms with Gasteiger partial charge in [-0.15, -0.1) is 0 Å². The van der Waals surface area contributed by atoms with E-state index in [4.69, 9.17) is 10.2 Å². The average Bonchev–Trinajstić information content (AvgIpc) is 2.81. The molecule has 4 heteroatoms. The molecule has 0 saturated heterocycles. The Morgan fingerprint density at radius 3 is 2.72 bits per heavy atom. The SMILES string of the molecule is Nc1cccc(C(=O)c2nc3ccccc3o2)c1. The molecular formula is C14H10N2O2. The van der Waals surface area contributed by atoms with Gasteiger partial charge in [0.2, 0.25) is 5.78 Å². The summed E-state index contributed by atoms with van der Waals surface area (Å²) in [6.45, 7) is 0. The Bertz CT molecular complexity index is 698. The Balaban J connectivity index is 2.06. The van der Waals surface area contributed by atoms with Gasteiger partial charge in [-0.1, -0.05) is 24.3 Å². The fourth-order valence-corrected chi connectivity index (χ4v) is 1.77. The van der Waals surface area contributed by atoms with Crippen LogP contribution in [0.15, 0.2) is 52.9 Å². The van der Waals surface area contributed by atoms with Crippen molar-refractivity contribution < 1.29 is 9.21 Å². The normalized spacial score (nSPS) is 10.7. The van der Waals surface area contributed by atoms with Crippen molar-refractivity contribution in [3.8, 4) is 0 Å². The third-order valence-corrected chi connectivity index (χ3v) is 2.64. The topological polar surface area (TPSA) is 69.1 Å². The largest absolute Gasteiger partial charge is 0.433 e. The van der Waals surface area contributed by atoms with Gasteiger partial charge in [-0.05, 0) is 24.3 Å². The van der Waals surface area contributed by atoms with E-state index in [2.05, 4.69) is 4.98 Å². The summed E-state index contributed by atoms with van der Waals surface area (Å²) in [6, 6.07) is 14.0. The molecule has 0 spiro atoms. The quantitative estimate of drug-likeness (QED) is 0.550. The van der Waals surface area contributed by atoms with E-state index in [1.165, 1.54) is 0 Å². The highest BCUT2D eigenvalue weighted by Gasteiger charge is 2.16. The highest BCUT2D eigenvalue weighted by atomic mass is 16.4. The second-order valence-electron chi connectivity index (χ2n) is 3.94. The zero-order valence-corrected chi connectivity index (χ0v) is 9.46. The minimum atomic E-state index is -0.265. The van der Waals surface area contributed by atoms with Crippen LogP contribution in [0.5, 0.6) is 0 Å². The zero-order valence-electron chi connectivity index (χ0n) is 9.46. The maximum absolute atomic E-state index is 12.2. The summed E-state index contributed by atoms with van der Waals surface area (Å²) in [5, 5.41) is 0. The Kier molecular flexibility index (Phi) is 2.34. The van der Waals surface area contributed by atoms with Gasteiger partial charge in [0, 0.05) is 11.3 Å². The molecule has 2 aromatic carbocycles. The number of anilines is 1. The average molecular weight is 238 g/mol. The van der Waals surface area contributed by atoms with Crippen LogP contribution in [-0.2, 0) is 0 Å². The Labute approximate surface area is 103 Å². The monoisotopic (exact) mass is 238 g/mol. The molecule has 0 bridgehead atoms. The van der Waals surface area contributed by atoms with Crippen molar-refractivity contribution in [3.63, 3.8) is 0 Å². The van der Waals surface area contributed by atoms with Gasteiger partial charge in [0.25, 0.3) is 5.89 Å². The summed E-state index contributed by atoms with van der Waals surface area (Å²) >= 11 is 0. The van der Waals surface area contributed by atoms with Gasteiger partial charge in [0.1, 0.15) is 5.52 Å². The summed E-state index contributed by atoms with van der Waals surface area (Å²) in [6.07, 6.45) is 0. The van der Waals surface area contributed by atoms with Gasteiger partial charge in [0.15, 0.2) is 5.58 Å². The van der Waals surface area contributed by atoms with Crippen molar-refractivity contribution in [1.29, 1.82) is 0 Å². The lowest BCUT2D eigenvalue weighted by Gasteiger charge is -1.97. The van der Waals surface area contributed by atoms with E-state index >= 15 is 0 Å². The van der Waals surface area contributed by atoms with Crippen LogP contribution in [0.2, 0.25) is 0 Å². The van der Waals surface area contributed by atoms with E-state index in [9.17, 15) is 4.79 Å². The van der Waals surface area contributed by atoms with Crippen LogP contribution >= 0.6 is 0 Å². The van der Waals surface area contributed by atoms with Crippen molar-refractivity contribution >= 4 is 22.6 Å². The first kappa shape index (κ1) is 10.5. The number of nitrogens with zero attached hydrogens (tertiary/aromatic N) is 1. The molecule has 0 saturated carbocycles. The van der Waals surface area contributed by atoms with Crippen molar-refractivity contribution in [2.24, 2.45) is 0 Å². The van der Waals surface area contributed by atoms with Crippen molar-refractivity contribution in [1.82, 2.24) is 4.98 Å². The molecule has 3 rings (SSSR count). The Morgan fingerprint density at radius 1 is 1.11 bits per heavy atom. The van der Waals surface area contributed by atoms with Crippen LogP contribution in [0.4, 0.5) is 5.69 Å². The van der Waals surface area contributed by atoms with Gasteiger partial charge in [-0.2, -0.15) is 0 Å². The van der Waals surface area contributed by atoms with E-state index in [1.54, 1.807) is 36.4 Å². The number of nitrogen functional groups attached to an aromatic ring is 1. The third kappa shape index (κ3) is 1.73. The molecule has 0 unspecified atom stereocenters. The molecule has 0 aliphatic carbocycles. The Morgan fingerprint density at radius 2 is 1.94 bits per heavy atom. The maximum atomic E-state index is 12.2. The first-order valence-electron chi connectivity index (χ1n) is 5.50. The van der Waals surface area contributed by atoms with Crippen molar-refractivity contribution in [2.45, 2.75) is 0 Å². The molecule has 0 aliphatic heterocycles. The molecule has 4 nitrogen and oxygen atoms in total. The molecule has 0 fully saturated rings. The lowest BCUT2D eigenvalue weighted by Crippen LogP contribution is -2.02. The lowest BCUT2D eigenvalue weighted by molar-refractivity contribution is 0.100. The van der Waals surface area contributed by atoms with E-state index in [0.717, 1.165) is 0 Å². The number of hydrogen-bond acceptors (Lipinski definition) is 4. The predicted octanol–water partition coefficient (Wildman–Crippen LogP) is 2.64. The zero-order chi connectivity index (χ0) is 12.5. The number of nitrogens with two attached hydrogens (primary N) is 1. The van der Waals surface area contributed by atoms with Crippen LogP contribution in [0.3, 0.4) is 0 Å². The molecule has 1 aromatic heterocycles. The first-order valence-corrected chi connectivity index (χ1v) is 5.50. The van der Waals surface area contributed by atoms with E-state index in [0.29, 0.717) is 22.4 Å². The van der Waals surface area contributed by atoms with Crippen LogP contribution in [0.25, 0.3) is 11.1 Å². The molecule has 0 aliphatic rings. The minimum absolute atomic E-state index is 0.0850. The number of carbonyl (C=O) groups is 1. The fourth-order valence-electron chi connectivity index (χ4n) is 1.77. The number of oxazole rings is 1. The van der Waals surface area contributed by atoms with Crippen LogP contribution in [0.1, 0.15) is 16.2 Å². The summed E-state index contributed by atoms with van der Waals surface area (Å²) in [4.78, 5) is 16.3. The highest BCUT2D eigenvalue weighted by Crippen LogP contribution is 2.18. The van der Waals surface area contributed by atoms with Gasteiger partial charge in [-0.25, -0.2) is 4.98 Å². The van der Waals surface area contributed by atoms with Crippen LogP contribution in [0, 0.1) is 0 Å². The highest BCUT2D eigenvalue weighted by molar-refractivity contribution is 6.07. The molecule has 0 radical (unpaired) electrons. The molecule has 1 heterocycles. The number of hydrogen-bond donors (Lipinski definition) is 1. The minimum Gasteiger partial charge on any atom is -0.433 e. The number of fused-ring (bicyclic) bond motifs is 1. The molecule has 0 amide bonds. The lowest BCUT2D eigenvalue weighted by atomic mass is 10.1. The fraction of sp³-hybridized carbons (Fsp3) is 0. The van der Waals surface area contributed by atoms with Gasteiger partial charge >= 0.3 is 0 Å². The van der Waals surface area contributed by atoms with Crippen molar-refractivity contribution in [3.05, 3.63) is 60.0 Å². The van der Waals surface area contributed by atoms with Gasteiger partial charge in [0.05, 0.1) is 0 Å². The smallest absolute Gasteiger partial charge is 0.269 e. The number of aromatic nitrogens is 1. The number of para-hydroxylation sites is 2. The van der Waals surface area contributed by atoms with E-state index in [1.807, 2.05) is 12.1 Å². The molecule has 2 N–H and O–H groups in total. The first-order chi connectivity index (χ1) is 8.74. The van der Waals surface area contributed by atoms with Crippen LogP contribution < -0.4 is 5.73 Å². The number of benzene rings is 2. The number of ketones is 1. The summed E-state index contributed by atoms with van der Waals surface area (Å²) in [7, 11) is 0. The van der Waals surface area contributed by atoms with Crippen molar-refractivity contribution in [2.75, 3.05) is 5.73 Å². The van der Waals surface area contributed by atoms with Gasteiger partial charge < -0.3 is 10.2 Å². The van der Waals surface area contributed by atoms with E-state index in [-0.39, 0.29) is 11.7 Å². The van der Waals surface area contributed by atoms with Gasteiger partial charge in [-0.3, -0.25) is 4.79 Å². The molecule has 0 atom stereocenters. The molecule has 88 valence electrons. The molecule has 18 heavy (non-hydrogen) atoms.